The number of aromatic nitrogens is 3. The van der Waals surface area contributed by atoms with E-state index in [2.05, 4.69) is 39.8 Å². The minimum Gasteiger partial charge on any atom is -0.354 e. The van der Waals surface area contributed by atoms with Crippen molar-refractivity contribution in [2.24, 2.45) is 0 Å². The fraction of sp³-hybridized carbons (Fsp3) is 0.286. The molecule has 1 heterocycles. The molecule has 4 rings (SSSR count). The lowest BCUT2D eigenvalue weighted by Gasteiger charge is -2.42. The Hall–Kier alpha value is -2.51. The predicted octanol–water partition coefficient (Wildman–Crippen LogP) is 3.64. The van der Waals surface area contributed by atoms with Crippen LogP contribution in [0.4, 0.5) is 0 Å². The maximum Gasteiger partial charge on any atom is 0.230 e. The van der Waals surface area contributed by atoms with E-state index in [0.717, 1.165) is 18.4 Å². The van der Waals surface area contributed by atoms with E-state index in [1.165, 1.54) is 28.4 Å². The number of benzene rings is 2. The van der Waals surface area contributed by atoms with Crippen LogP contribution in [0.25, 0.3) is 11.4 Å². The van der Waals surface area contributed by atoms with Crippen LogP contribution in [0.1, 0.15) is 24.8 Å². The molecule has 1 aromatic heterocycles. The summed E-state index contributed by atoms with van der Waals surface area (Å²) in [5, 5.41) is 12.5. The molecule has 1 amide bonds. The molecule has 3 N–H and O–H groups in total. The van der Waals surface area contributed by atoms with Crippen LogP contribution in [0.2, 0.25) is 5.02 Å². The van der Waals surface area contributed by atoms with Crippen molar-refractivity contribution in [3.8, 4) is 11.4 Å². The average Bonchev–Trinajstić information content (AvgIpc) is 3.07. The highest BCUT2D eigenvalue weighted by Crippen LogP contribution is 2.43. The standard InChI is InChI=1S/C21H22ClN5OS/c22-17-9-7-15(8-10-17)19-25-26-20(27(19)23)29-13-18(28)24-14-21(11-4-12-21)16-5-2-1-3-6-16/h1-3,5-10H,4,11-14,23H2,(H,24,28). The molecule has 2 aromatic carbocycles. The fourth-order valence-corrected chi connectivity index (χ4v) is 4.40. The van der Waals surface area contributed by atoms with Crippen LogP contribution in [0, 0.1) is 0 Å². The Labute approximate surface area is 178 Å². The molecular weight excluding hydrogens is 406 g/mol. The van der Waals surface area contributed by atoms with E-state index < -0.39 is 0 Å². The third kappa shape index (κ3) is 4.26. The van der Waals surface area contributed by atoms with E-state index in [0.29, 0.717) is 22.5 Å². The Kier molecular flexibility index (Phi) is 5.78. The van der Waals surface area contributed by atoms with Crippen molar-refractivity contribution in [1.82, 2.24) is 20.2 Å². The Bertz CT molecular complexity index is 986. The summed E-state index contributed by atoms with van der Waals surface area (Å²) < 4.78 is 1.40. The van der Waals surface area contributed by atoms with Gasteiger partial charge in [-0.25, -0.2) is 4.68 Å². The van der Waals surface area contributed by atoms with Gasteiger partial charge in [-0.15, -0.1) is 10.2 Å². The summed E-state index contributed by atoms with van der Waals surface area (Å²) in [6.45, 7) is 0.655. The highest BCUT2D eigenvalue weighted by atomic mass is 35.5. The Morgan fingerprint density at radius 1 is 1.14 bits per heavy atom. The summed E-state index contributed by atoms with van der Waals surface area (Å²) in [5.41, 5.74) is 2.18. The Balaban J connectivity index is 1.34. The third-order valence-electron chi connectivity index (χ3n) is 5.42. The highest BCUT2D eigenvalue weighted by Gasteiger charge is 2.38. The third-order valence-corrected chi connectivity index (χ3v) is 6.62. The summed E-state index contributed by atoms with van der Waals surface area (Å²) in [4.78, 5) is 12.4. The van der Waals surface area contributed by atoms with Crippen molar-refractivity contribution < 1.29 is 4.79 Å². The second kappa shape index (κ2) is 8.47. The number of nitrogens with two attached hydrogens (primary N) is 1. The van der Waals surface area contributed by atoms with Gasteiger partial charge < -0.3 is 11.2 Å². The molecular formula is C21H22ClN5OS. The molecule has 1 saturated carbocycles. The zero-order valence-corrected chi connectivity index (χ0v) is 17.4. The van der Waals surface area contributed by atoms with E-state index in [1.54, 1.807) is 12.1 Å². The number of thioether (sulfide) groups is 1. The predicted molar refractivity (Wildman–Crippen MR) is 116 cm³/mol. The largest absolute Gasteiger partial charge is 0.354 e. The van der Waals surface area contributed by atoms with Crippen molar-refractivity contribution in [3.63, 3.8) is 0 Å². The quantitative estimate of drug-likeness (QED) is 0.444. The van der Waals surface area contributed by atoms with E-state index in [-0.39, 0.29) is 17.1 Å². The van der Waals surface area contributed by atoms with Gasteiger partial charge in [0.1, 0.15) is 0 Å². The minimum atomic E-state index is -0.0340. The lowest BCUT2D eigenvalue weighted by Crippen LogP contribution is -2.46. The summed E-state index contributed by atoms with van der Waals surface area (Å²) >= 11 is 7.19. The first kappa shape index (κ1) is 19.8. The van der Waals surface area contributed by atoms with Crippen molar-refractivity contribution in [2.75, 3.05) is 18.1 Å². The van der Waals surface area contributed by atoms with Crippen LogP contribution in [0.3, 0.4) is 0 Å². The van der Waals surface area contributed by atoms with Gasteiger partial charge in [-0.05, 0) is 42.7 Å². The summed E-state index contributed by atoms with van der Waals surface area (Å²) in [7, 11) is 0. The number of carbonyl (C=O) groups excluding carboxylic acids is 1. The van der Waals surface area contributed by atoms with Crippen LogP contribution in [-0.2, 0) is 10.2 Å². The molecule has 0 unspecified atom stereocenters. The van der Waals surface area contributed by atoms with Crippen LogP contribution < -0.4 is 11.2 Å². The molecule has 3 aromatic rings. The number of halogens is 1. The SMILES string of the molecule is Nn1c(SCC(=O)NCC2(c3ccccc3)CCC2)nnc1-c1ccc(Cl)cc1. The topological polar surface area (TPSA) is 85.8 Å². The van der Waals surface area contributed by atoms with Crippen LogP contribution in [0.15, 0.2) is 59.8 Å². The maximum atomic E-state index is 12.4. The molecule has 0 bridgehead atoms. The molecule has 0 aliphatic heterocycles. The lowest BCUT2D eigenvalue weighted by molar-refractivity contribution is -0.119. The second-order valence-electron chi connectivity index (χ2n) is 7.25. The summed E-state index contributed by atoms with van der Waals surface area (Å²) in [6.07, 6.45) is 3.40. The first-order chi connectivity index (χ1) is 14.1. The van der Waals surface area contributed by atoms with Crippen LogP contribution >= 0.6 is 23.4 Å². The molecule has 0 spiro atoms. The van der Waals surface area contributed by atoms with Crippen molar-refractivity contribution in [3.05, 3.63) is 65.2 Å². The minimum absolute atomic E-state index is 0.0340. The molecule has 0 atom stereocenters. The molecule has 6 nitrogen and oxygen atoms in total. The lowest BCUT2D eigenvalue weighted by atomic mass is 9.64. The monoisotopic (exact) mass is 427 g/mol. The highest BCUT2D eigenvalue weighted by molar-refractivity contribution is 7.99. The van der Waals surface area contributed by atoms with Gasteiger partial charge in [-0.1, -0.05) is 60.1 Å². The zero-order chi connectivity index (χ0) is 20.3. The Morgan fingerprint density at radius 2 is 1.86 bits per heavy atom. The average molecular weight is 428 g/mol. The smallest absolute Gasteiger partial charge is 0.230 e. The maximum absolute atomic E-state index is 12.4. The van der Waals surface area contributed by atoms with Crippen molar-refractivity contribution in [1.29, 1.82) is 0 Å². The first-order valence-corrected chi connectivity index (χ1v) is 10.9. The first-order valence-electron chi connectivity index (χ1n) is 9.49. The van der Waals surface area contributed by atoms with E-state index in [9.17, 15) is 4.79 Å². The zero-order valence-electron chi connectivity index (χ0n) is 15.8. The van der Waals surface area contributed by atoms with Crippen LogP contribution in [0.5, 0.6) is 0 Å². The van der Waals surface area contributed by atoms with Gasteiger partial charge in [0.25, 0.3) is 0 Å². The normalized spacial score (nSPS) is 14.9. The summed E-state index contributed by atoms with van der Waals surface area (Å²) in [6, 6.07) is 17.6. The van der Waals surface area contributed by atoms with Gasteiger partial charge in [-0.3, -0.25) is 4.79 Å². The van der Waals surface area contributed by atoms with Gasteiger partial charge in [0.2, 0.25) is 11.1 Å². The number of nitrogen functional groups attached to an aromatic ring is 1. The van der Waals surface area contributed by atoms with Gasteiger partial charge in [0.05, 0.1) is 5.75 Å². The molecule has 29 heavy (non-hydrogen) atoms. The number of nitrogens with zero attached hydrogens (tertiary/aromatic N) is 3. The van der Waals surface area contributed by atoms with Gasteiger partial charge >= 0.3 is 0 Å². The van der Waals surface area contributed by atoms with E-state index in [4.69, 9.17) is 17.4 Å². The van der Waals surface area contributed by atoms with Crippen molar-refractivity contribution in [2.45, 2.75) is 29.8 Å². The molecule has 150 valence electrons. The van der Waals surface area contributed by atoms with E-state index >= 15 is 0 Å². The molecule has 8 heteroatoms. The van der Waals surface area contributed by atoms with Gasteiger partial charge in [0, 0.05) is 22.5 Å². The number of hydrogen-bond acceptors (Lipinski definition) is 5. The second-order valence-corrected chi connectivity index (χ2v) is 8.63. The van der Waals surface area contributed by atoms with Crippen LogP contribution in [-0.4, -0.2) is 33.1 Å². The number of amides is 1. The molecule has 1 aliphatic rings. The fourth-order valence-electron chi connectivity index (χ4n) is 3.58. The number of carbonyl (C=O) groups is 1. The van der Waals surface area contributed by atoms with Gasteiger partial charge in [0.15, 0.2) is 5.82 Å². The van der Waals surface area contributed by atoms with Gasteiger partial charge in [-0.2, -0.15) is 0 Å². The number of rotatable bonds is 7. The molecule has 0 saturated heterocycles. The number of hydrogen-bond donors (Lipinski definition) is 2. The molecule has 1 aliphatic carbocycles. The molecule has 0 radical (unpaired) electrons. The summed E-state index contributed by atoms with van der Waals surface area (Å²) in [5.74, 6) is 6.85. The Morgan fingerprint density at radius 3 is 2.52 bits per heavy atom. The van der Waals surface area contributed by atoms with E-state index in [1.807, 2.05) is 18.2 Å². The molecule has 1 fully saturated rings. The number of nitrogens with one attached hydrogen (secondary N) is 1. The van der Waals surface area contributed by atoms with Crippen molar-refractivity contribution >= 4 is 29.3 Å².